The van der Waals surface area contributed by atoms with Gasteiger partial charge < -0.3 is 19.7 Å². The number of hydrogen-bond donors (Lipinski definition) is 2. The van der Waals surface area contributed by atoms with Crippen LogP contribution in [0.2, 0.25) is 20.1 Å². The number of carbonyl (C=O) groups is 2. The van der Waals surface area contributed by atoms with Gasteiger partial charge in [0.15, 0.2) is 5.76 Å². The van der Waals surface area contributed by atoms with Gasteiger partial charge in [-0.05, 0) is 54.1 Å². The molecular weight excluding hydrogens is 562 g/mol. The molecule has 0 aliphatic heterocycles. The van der Waals surface area contributed by atoms with Gasteiger partial charge in [-0.25, -0.2) is 0 Å². The highest BCUT2D eigenvalue weighted by molar-refractivity contribution is 6.35. The Morgan fingerprint density at radius 2 is 1.65 bits per heavy atom. The van der Waals surface area contributed by atoms with Gasteiger partial charge >= 0.3 is 5.97 Å². The molecule has 0 atom stereocenters. The number of halogens is 4. The maximum Gasteiger partial charge on any atom is 0.307 e. The van der Waals surface area contributed by atoms with E-state index in [0.29, 0.717) is 37.5 Å². The summed E-state index contributed by atoms with van der Waals surface area (Å²) < 4.78 is 11.2. The number of ether oxygens (including phenoxy) is 1. The number of aliphatic carboxylic acids is 1. The van der Waals surface area contributed by atoms with Crippen LogP contribution in [-0.4, -0.2) is 35.3 Å². The monoisotopic (exact) mass is 578 g/mol. The van der Waals surface area contributed by atoms with Crippen LogP contribution in [0.5, 0.6) is 5.75 Å². The molecule has 1 heterocycles. The van der Waals surface area contributed by atoms with E-state index in [1.807, 2.05) is 0 Å². The minimum atomic E-state index is -0.988. The van der Waals surface area contributed by atoms with Gasteiger partial charge in [0, 0.05) is 21.2 Å². The summed E-state index contributed by atoms with van der Waals surface area (Å²) in [5, 5.41) is 17.6. The van der Waals surface area contributed by atoms with E-state index in [4.69, 9.17) is 60.8 Å². The van der Waals surface area contributed by atoms with Gasteiger partial charge in [0.25, 0.3) is 5.91 Å². The third kappa shape index (κ3) is 6.56. The SMILES string of the molecule is O=C(O)Cc1ccc(-c2noc(-c3ccc(Cl)cc3)c2C(=O)NCCOc2ccc(Cl)cc2Cl)c(Cl)c1. The lowest BCUT2D eigenvalue weighted by molar-refractivity contribution is -0.136. The van der Waals surface area contributed by atoms with Gasteiger partial charge in [-0.15, -0.1) is 0 Å². The molecule has 0 aliphatic rings. The topological polar surface area (TPSA) is 102 Å². The van der Waals surface area contributed by atoms with Gasteiger partial charge in [0.2, 0.25) is 0 Å². The molecule has 3 aromatic carbocycles. The molecule has 0 saturated carbocycles. The average Bonchev–Trinajstić information content (AvgIpc) is 3.28. The molecule has 0 saturated heterocycles. The number of nitrogens with zero attached hydrogens (tertiary/aromatic N) is 1. The fourth-order valence-electron chi connectivity index (χ4n) is 3.52. The molecule has 190 valence electrons. The van der Waals surface area contributed by atoms with E-state index >= 15 is 0 Å². The third-order valence-corrected chi connectivity index (χ3v) is 6.30. The highest BCUT2D eigenvalue weighted by Crippen LogP contribution is 2.36. The third-order valence-electron chi connectivity index (χ3n) is 5.21. The van der Waals surface area contributed by atoms with Crippen LogP contribution in [0.4, 0.5) is 0 Å². The van der Waals surface area contributed by atoms with Crippen LogP contribution in [0.1, 0.15) is 15.9 Å². The smallest absolute Gasteiger partial charge is 0.307 e. The number of amides is 1. The van der Waals surface area contributed by atoms with E-state index < -0.39 is 11.9 Å². The zero-order valence-corrected chi connectivity index (χ0v) is 22.0. The molecule has 4 aromatic rings. The predicted molar refractivity (Wildman–Crippen MR) is 143 cm³/mol. The second kappa shape index (κ2) is 11.9. The molecule has 0 aliphatic carbocycles. The Balaban J connectivity index is 1.60. The summed E-state index contributed by atoms with van der Waals surface area (Å²) in [5.74, 6) is -0.812. The molecule has 0 fully saturated rings. The van der Waals surface area contributed by atoms with E-state index in [2.05, 4.69) is 10.5 Å². The lowest BCUT2D eigenvalue weighted by atomic mass is 10.00. The van der Waals surface area contributed by atoms with Crippen molar-refractivity contribution in [3.05, 3.63) is 91.9 Å². The van der Waals surface area contributed by atoms with Crippen LogP contribution in [0, 0.1) is 0 Å². The molecule has 0 spiro atoms. The first-order valence-corrected chi connectivity index (χ1v) is 12.4. The number of carbonyl (C=O) groups excluding carboxylic acids is 1. The summed E-state index contributed by atoms with van der Waals surface area (Å²) in [6.07, 6.45) is -0.195. The van der Waals surface area contributed by atoms with Gasteiger partial charge in [-0.3, -0.25) is 9.59 Å². The van der Waals surface area contributed by atoms with Crippen LogP contribution in [0.3, 0.4) is 0 Å². The van der Waals surface area contributed by atoms with Crippen molar-refractivity contribution < 1.29 is 24.0 Å². The Kier molecular flexibility index (Phi) is 8.61. The van der Waals surface area contributed by atoms with Gasteiger partial charge in [-0.2, -0.15) is 0 Å². The van der Waals surface area contributed by atoms with Crippen LogP contribution in [-0.2, 0) is 11.2 Å². The zero-order chi connectivity index (χ0) is 26.5. The molecule has 1 aromatic heterocycles. The van der Waals surface area contributed by atoms with E-state index in [1.54, 1.807) is 54.6 Å². The molecule has 11 heteroatoms. The minimum Gasteiger partial charge on any atom is -0.490 e. The Bertz CT molecular complexity index is 1450. The van der Waals surface area contributed by atoms with Crippen LogP contribution >= 0.6 is 46.4 Å². The molecule has 0 radical (unpaired) electrons. The van der Waals surface area contributed by atoms with Crippen LogP contribution in [0.25, 0.3) is 22.6 Å². The van der Waals surface area contributed by atoms with Crippen molar-refractivity contribution in [2.24, 2.45) is 0 Å². The Morgan fingerprint density at radius 1 is 0.919 bits per heavy atom. The lowest BCUT2D eigenvalue weighted by Crippen LogP contribution is -2.28. The number of nitrogens with one attached hydrogen (secondary N) is 1. The van der Waals surface area contributed by atoms with E-state index in [9.17, 15) is 9.59 Å². The molecule has 2 N–H and O–H groups in total. The summed E-state index contributed by atoms with van der Waals surface area (Å²) in [6, 6.07) is 16.3. The predicted octanol–water partition coefficient (Wildman–Crippen LogP) is 7.06. The Morgan fingerprint density at radius 3 is 2.32 bits per heavy atom. The maximum absolute atomic E-state index is 13.4. The van der Waals surface area contributed by atoms with Gasteiger partial charge in [-0.1, -0.05) is 63.7 Å². The van der Waals surface area contributed by atoms with Crippen molar-refractivity contribution in [3.8, 4) is 28.3 Å². The van der Waals surface area contributed by atoms with Gasteiger partial charge in [0.1, 0.15) is 23.6 Å². The first-order chi connectivity index (χ1) is 17.7. The molecule has 0 bridgehead atoms. The first-order valence-electron chi connectivity index (χ1n) is 10.8. The molecular formula is C26H18Cl4N2O5. The largest absolute Gasteiger partial charge is 0.490 e. The standard InChI is InChI=1S/C26H18Cl4N2O5/c27-16-4-2-15(3-5-16)25-23(26(35)31-9-10-36-21-8-6-17(28)13-20(21)30)24(32-37-25)18-7-1-14(11-19(18)29)12-22(33)34/h1-8,11,13H,9-10,12H2,(H,31,35)(H,33,34). The second-order valence-electron chi connectivity index (χ2n) is 7.81. The number of aromatic nitrogens is 1. The number of benzene rings is 3. The summed E-state index contributed by atoms with van der Waals surface area (Å²) in [7, 11) is 0. The molecule has 4 rings (SSSR count). The summed E-state index contributed by atoms with van der Waals surface area (Å²) in [4.78, 5) is 24.4. The van der Waals surface area contributed by atoms with Gasteiger partial charge in [0.05, 0.1) is 23.0 Å². The minimum absolute atomic E-state index is 0.134. The van der Waals surface area contributed by atoms with Crippen molar-refractivity contribution in [1.82, 2.24) is 10.5 Å². The van der Waals surface area contributed by atoms with E-state index in [0.717, 1.165) is 0 Å². The summed E-state index contributed by atoms with van der Waals surface area (Å²) in [6.45, 7) is 0.280. The highest BCUT2D eigenvalue weighted by atomic mass is 35.5. The first kappa shape index (κ1) is 26.8. The van der Waals surface area contributed by atoms with E-state index in [-0.39, 0.29) is 41.6 Å². The number of carboxylic acid groups (broad SMARTS) is 1. The molecule has 37 heavy (non-hydrogen) atoms. The number of carboxylic acids is 1. The van der Waals surface area contributed by atoms with Crippen molar-refractivity contribution in [2.75, 3.05) is 13.2 Å². The normalized spacial score (nSPS) is 10.8. The quantitative estimate of drug-likeness (QED) is 0.206. The highest BCUT2D eigenvalue weighted by Gasteiger charge is 2.26. The maximum atomic E-state index is 13.4. The number of rotatable bonds is 9. The van der Waals surface area contributed by atoms with Crippen LogP contribution in [0.15, 0.2) is 65.2 Å². The molecule has 1 amide bonds. The Labute approximate surface area is 231 Å². The fourth-order valence-corrected chi connectivity index (χ4v) is 4.41. The van der Waals surface area contributed by atoms with Crippen molar-refractivity contribution in [1.29, 1.82) is 0 Å². The zero-order valence-electron chi connectivity index (χ0n) is 18.9. The molecule has 0 unspecified atom stereocenters. The second-order valence-corrected chi connectivity index (χ2v) is 9.49. The van der Waals surface area contributed by atoms with E-state index in [1.165, 1.54) is 6.07 Å². The fraction of sp³-hybridized carbons (Fsp3) is 0.115. The number of hydrogen-bond acceptors (Lipinski definition) is 5. The molecule has 7 nitrogen and oxygen atoms in total. The summed E-state index contributed by atoms with van der Waals surface area (Å²) in [5.41, 5.74) is 1.85. The Hall–Kier alpha value is -3.23. The van der Waals surface area contributed by atoms with Crippen molar-refractivity contribution in [3.63, 3.8) is 0 Å². The van der Waals surface area contributed by atoms with Crippen molar-refractivity contribution in [2.45, 2.75) is 6.42 Å². The average molecular weight is 580 g/mol. The lowest BCUT2D eigenvalue weighted by Gasteiger charge is -2.10. The van der Waals surface area contributed by atoms with Crippen molar-refractivity contribution >= 4 is 58.3 Å². The summed E-state index contributed by atoms with van der Waals surface area (Å²) >= 11 is 24.5. The van der Waals surface area contributed by atoms with Crippen LogP contribution < -0.4 is 10.1 Å².